The zero-order valence-corrected chi connectivity index (χ0v) is 14.0. The number of amides is 1. The highest BCUT2D eigenvalue weighted by molar-refractivity contribution is 9.10. The number of hydrogen-bond acceptors (Lipinski definition) is 3. The first kappa shape index (κ1) is 14.6. The molecule has 1 aliphatic rings. The fraction of sp³-hybridized carbons (Fsp3) is 0.312. The number of anilines is 2. The van der Waals surface area contributed by atoms with Gasteiger partial charge in [-0.2, -0.15) is 0 Å². The summed E-state index contributed by atoms with van der Waals surface area (Å²) in [4.78, 5) is 14.6. The third-order valence-corrected chi connectivity index (χ3v) is 5.64. The Bertz CT molecular complexity index is 657. The summed E-state index contributed by atoms with van der Waals surface area (Å²) >= 11 is 5.06. The molecule has 1 amide bonds. The van der Waals surface area contributed by atoms with Gasteiger partial charge in [-0.05, 0) is 71.4 Å². The molecule has 5 heteroatoms. The molecule has 0 bridgehead atoms. The molecule has 3 nitrogen and oxygen atoms in total. The Hall–Kier alpha value is -1.33. The molecule has 1 aromatic carbocycles. The number of thiophene rings is 1. The van der Waals surface area contributed by atoms with Gasteiger partial charge in [0.25, 0.3) is 5.91 Å². The standard InChI is InChI=1S/C16H17BrN2OS/c17-12-7-6-11(18)9-13(12)19-16(20)15-8-10-4-2-1-3-5-14(10)21-15/h6-9H,1-5,18H2,(H,19,20). The number of nitrogens with two attached hydrogens (primary N) is 1. The lowest BCUT2D eigenvalue weighted by Gasteiger charge is -2.07. The monoisotopic (exact) mass is 364 g/mol. The van der Waals surface area contributed by atoms with Crippen LogP contribution in [0, 0.1) is 0 Å². The maximum Gasteiger partial charge on any atom is 0.265 e. The summed E-state index contributed by atoms with van der Waals surface area (Å²) in [5.41, 5.74) is 8.47. The number of carbonyl (C=O) groups excluding carboxylic acids is 1. The van der Waals surface area contributed by atoms with Crippen LogP contribution in [0.2, 0.25) is 0 Å². The molecule has 3 N–H and O–H groups in total. The molecular weight excluding hydrogens is 348 g/mol. The third-order valence-electron chi connectivity index (χ3n) is 3.71. The SMILES string of the molecule is Nc1ccc(Br)c(NC(=O)c2cc3c(s2)CCCCC3)c1. The van der Waals surface area contributed by atoms with Crippen LogP contribution in [0.3, 0.4) is 0 Å². The fourth-order valence-corrected chi connectivity index (χ4v) is 4.10. The number of halogens is 1. The summed E-state index contributed by atoms with van der Waals surface area (Å²) in [6, 6.07) is 7.46. The van der Waals surface area contributed by atoms with E-state index in [0.29, 0.717) is 11.4 Å². The van der Waals surface area contributed by atoms with Gasteiger partial charge in [0.05, 0.1) is 10.6 Å². The molecule has 110 valence electrons. The Morgan fingerprint density at radius 2 is 2.00 bits per heavy atom. The van der Waals surface area contributed by atoms with E-state index in [1.165, 1.54) is 29.7 Å². The maximum absolute atomic E-state index is 12.4. The van der Waals surface area contributed by atoms with Crippen molar-refractivity contribution in [3.63, 3.8) is 0 Å². The first-order valence-corrected chi connectivity index (χ1v) is 8.72. The van der Waals surface area contributed by atoms with Crippen LogP contribution in [0.1, 0.15) is 39.4 Å². The normalized spacial score (nSPS) is 14.3. The highest BCUT2D eigenvalue weighted by Gasteiger charge is 2.17. The molecule has 0 saturated heterocycles. The maximum atomic E-state index is 12.4. The van der Waals surface area contributed by atoms with Crippen LogP contribution in [-0.2, 0) is 12.8 Å². The van der Waals surface area contributed by atoms with Crippen molar-refractivity contribution in [3.05, 3.63) is 44.1 Å². The van der Waals surface area contributed by atoms with Crippen molar-refractivity contribution in [2.24, 2.45) is 0 Å². The first-order valence-electron chi connectivity index (χ1n) is 7.11. The Morgan fingerprint density at radius 3 is 2.86 bits per heavy atom. The number of nitrogens with one attached hydrogen (secondary N) is 1. The minimum atomic E-state index is -0.0561. The molecule has 21 heavy (non-hydrogen) atoms. The number of benzene rings is 1. The van der Waals surface area contributed by atoms with Gasteiger partial charge in [0.1, 0.15) is 0 Å². The second-order valence-corrected chi connectivity index (χ2v) is 7.30. The summed E-state index contributed by atoms with van der Waals surface area (Å²) in [6.07, 6.45) is 5.95. The summed E-state index contributed by atoms with van der Waals surface area (Å²) < 4.78 is 0.836. The largest absolute Gasteiger partial charge is 0.399 e. The second-order valence-electron chi connectivity index (χ2n) is 5.31. The molecule has 1 aromatic heterocycles. The van der Waals surface area contributed by atoms with Gasteiger partial charge in [-0.25, -0.2) is 0 Å². The quantitative estimate of drug-likeness (QED) is 0.603. The van der Waals surface area contributed by atoms with Crippen LogP contribution in [-0.4, -0.2) is 5.91 Å². The first-order chi connectivity index (χ1) is 10.1. The molecule has 0 radical (unpaired) electrons. The van der Waals surface area contributed by atoms with Gasteiger partial charge in [-0.15, -0.1) is 11.3 Å². The molecule has 3 rings (SSSR count). The van der Waals surface area contributed by atoms with Gasteiger partial charge in [-0.1, -0.05) is 6.42 Å². The van der Waals surface area contributed by atoms with Crippen LogP contribution in [0.5, 0.6) is 0 Å². The van der Waals surface area contributed by atoms with Gasteiger partial charge < -0.3 is 11.1 Å². The van der Waals surface area contributed by atoms with Gasteiger partial charge in [0, 0.05) is 15.0 Å². The van der Waals surface area contributed by atoms with Gasteiger partial charge in [0.2, 0.25) is 0 Å². The fourth-order valence-electron chi connectivity index (χ4n) is 2.60. The van der Waals surface area contributed by atoms with Crippen molar-refractivity contribution >= 4 is 44.5 Å². The summed E-state index contributed by atoms with van der Waals surface area (Å²) in [6.45, 7) is 0. The van der Waals surface area contributed by atoms with Gasteiger partial charge in [0.15, 0.2) is 0 Å². The van der Waals surface area contributed by atoms with Crippen LogP contribution in [0.25, 0.3) is 0 Å². The predicted octanol–water partition coefficient (Wildman–Crippen LogP) is 4.61. The van der Waals surface area contributed by atoms with E-state index in [-0.39, 0.29) is 5.91 Å². The Kier molecular flexibility index (Phi) is 4.31. The van der Waals surface area contributed by atoms with E-state index in [0.717, 1.165) is 22.2 Å². The van der Waals surface area contributed by atoms with Gasteiger partial charge in [-0.3, -0.25) is 4.79 Å². The average Bonchev–Trinajstić information content (AvgIpc) is 2.74. The molecule has 0 fully saturated rings. The third kappa shape index (κ3) is 3.30. The van der Waals surface area contributed by atoms with Crippen LogP contribution in [0.4, 0.5) is 11.4 Å². The van der Waals surface area contributed by atoms with E-state index in [9.17, 15) is 4.79 Å². The van der Waals surface area contributed by atoms with Crippen molar-refractivity contribution in [3.8, 4) is 0 Å². The van der Waals surface area contributed by atoms with Crippen molar-refractivity contribution in [1.82, 2.24) is 0 Å². The average molecular weight is 365 g/mol. The topological polar surface area (TPSA) is 55.1 Å². The molecule has 0 spiro atoms. The Labute approximate surface area is 136 Å². The second kappa shape index (κ2) is 6.20. The van der Waals surface area contributed by atoms with Gasteiger partial charge >= 0.3 is 0 Å². The van der Waals surface area contributed by atoms with Crippen LogP contribution < -0.4 is 11.1 Å². The number of hydrogen-bond donors (Lipinski definition) is 2. The zero-order valence-electron chi connectivity index (χ0n) is 11.6. The summed E-state index contributed by atoms with van der Waals surface area (Å²) in [7, 11) is 0. The van der Waals surface area contributed by atoms with E-state index >= 15 is 0 Å². The van der Waals surface area contributed by atoms with E-state index in [2.05, 4.69) is 27.3 Å². The van der Waals surface area contributed by atoms with Crippen molar-refractivity contribution in [2.75, 3.05) is 11.1 Å². The lowest BCUT2D eigenvalue weighted by molar-refractivity contribution is 0.103. The molecule has 1 heterocycles. The smallest absolute Gasteiger partial charge is 0.265 e. The molecular formula is C16H17BrN2OS. The number of rotatable bonds is 2. The van der Waals surface area contributed by atoms with Crippen LogP contribution in [0.15, 0.2) is 28.7 Å². The summed E-state index contributed by atoms with van der Waals surface area (Å²) in [5, 5.41) is 2.94. The highest BCUT2D eigenvalue weighted by atomic mass is 79.9. The summed E-state index contributed by atoms with van der Waals surface area (Å²) in [5.74, 6) is -0.0561. The molecule has 1 aliphatic carbocycles. The van der Waals surface area contributed by atoms with E-state index in [1.54, 1.807) is 23.5 Å². The number of aryl methyl sites for hydroxylation is 2. The van der Waals surface area contributed by atoms with Crippen molar-refractivity contribution < 1.29 is 4.79 Å². The van der Waals surface area contributed by atoms with Crippen molar-refractivity contribution in [1.29, 1.82) is 0 Å². The molecule has 0 unspecified atom stereocenters. The molecule has 0 atom stereocenters. The van der Waals surface area contributed by atoms with E-state index in [4.69, 9.17) is 5.73 Å². The number of fused-ring (bicyclic) bond motifs is 1. The van der Waals surface area contributed by atoms with Crippen molar-refractivity contribution in [2.45, 2.75) is 32.1 Å². The number of carbonyl (C=O) groups is 1. The lowest BCUT2D eigenvalue weighted by atomic mass is 10.1. The zero-order chi connectivity index (χ0) is 14.8. The van der Waals surface area contributed by atoms with E-state index in [1.807, 2.05) is 6.07 Å². The predicted molar refractivity (Wildman–Crippen MR) is 92.1 cm³/mol. The number of nitrogen functional groups attached to an aromatic ring is 1. The minimum Gasteiger partial charge on any atom is -0.399 e. The lowest BCUT2D eigenvalue weighted by Crippen LogP contribution is -2.10. The Morgan fingerprint density at radius 1 is 1.19 bits per heavy atom. The van der Waals surface area contributed by atoms with E-state index < -0.39 is 0 Å². The highest BCUT2D eigenvalue weighted by Crippen LogP contribution is 2.30. The Balaban J connectivity index is 1.81. The minimum absolute atomic E-state index is 0.0561. The van der Waals surface area contributed by atoms with Crippen LogP contribution >= 0.6 is 27.3 Å². The molecule has 0 aliphatic heterocycles. The molecule has 2 aromatic rings. The molecule has 0 saturated carbocycles.